The van der Waals surface area contributed by atoms with Gasteiger partial charge in [-0.05, 0) is 39.8 Å². The Morgan fingerprint density at radius 1 is 1.38 bits per heavy atom. The van der Waals surface area contributed by atoms with Gasteiger partial charge in [0.2, 0.25) is 5.91 Å². The van der Waals surface area contributed by atoms with Crippen LogP contribution in [-0.2, 0) is 9.53 Å². The first-order valence-electron chi connectivity index (χ1n) is 7.67. The van der Waals surface area contributed by atoms with E-state index in [4.69, 9.17) is 9.47 Å². The van der Waals surface area contributed by atoms with E-state index in [-0.39, 0.29) is 5.75 Å². The number of nitrogens with one attached hydrogen (secondary N) is 3. The number of hydrogen-bond donors (Lipinski definition) is 3. The highest BCUT2D eigenvalue weighted by Crippen LogP contribution is 2.37. The molecule has 3 N–H and O–H groups in total. The van der Waals surface area contributed by atoms with Crippen LogP contribution in [0.5, 0.6) is 5.75 Å². The molecule has 1 heterocycles. The van der Waals surface area contributed by atoms with E-state index in [9.17, 15) is 14.0 Å². The first-order chi connectivity index (χ1) is 11.2. The Balaban J connectivity index is 2.03. The molecular formula is C16H22FN3O4. The first-order valence-corrected chi connectivity index (χ1v) is 7.67. The molecule has 1 aliphatic heterocycles. The number of carbonyl (C=O) groups is 2. The van der Waals surface area contributed by atoms with Gasteiger partial charge in [0.05, 0.1) is 5.69 Å². The smallest absolute Gasteiger partial charge is 0.408 e. The first kappa shape index (κ1) is 17.8. The van der Waals surface area contributed by atoms with Gasteiger partial charge in [0.25, 0.3) is 0 Å². The monoisotopic (exact) mass is 339 g/mol. The number of ether oxygens (including phenoxy) is 2. The lowest BCUT2D eigenvalue weighted by atomic mass is 10.2. The van der Waals surface area contributed by atoms with Gasteiger partial charge in [0.1, 0.15) is 23.9 Å². The van der Waals surface area contributed by atoms with Crippen molar-refractivity contribution in [2.75, 3.05) is 23.8 Å². The van der Waals surface area contributed by atoms with Crippen molar-refractivity contribution in [3.63, 3.8) is 0 Å². The van der Waals surface area contributed by atoms with Gasteiger partial charge >= 0.3 is 6.09 Å². The Hall–Kier alpha value is -2.51. The third-order valence-corrected chi connectivity index (χ3v) is 3.14. The molecule has 132 valence electrons. The molecule has 0 bridgehead atoms. The SMILES string of the molecule is C[C@H](NC(=O)OC(C)(C)C)C(=O)Nc1ccc(F)c2c1NCCO2. The van der Waals surface area contributed by atoms with Gasteiger partial charge in [-0.2, -0.15) is 0 Å². The van der Waals surface area contributed by atoms with E-state index in [0.717, 1.165) is 0 Å². The highest BCUT2D eigenvalue weighted by molar-refractivity contribution is 5.99. The molecule has 0 fully saturated rings. The van der Waals surface area contributed by atoms with E-state index in [1.54, 1.807) is 20.8 Å². The second-order valence-corrected chi connectivity index (χ2v) is 6.43. The van der Waals surface area contributed by atoms with Gasteiger partial charge in [-0.15, -0.1) is 0 Å². The summed E-state index contributed by atoms with van der Waals surface area (Å²) in [6.07, 6.45) is -0.687. The maximum absolute atomic E-state index is 13.7. The second-order valence-electron chi connectivity index (χ2n) is 6.43. The summed E-state index contributed by atoms with van der Waals surface area (Å²) in [6, 6.07) is 1.83. The van der Waals surface area contributed by atoms with E-state index in [2.05, 4.69) is 16.0 Å². The van der Waals surface area contributed by atoms with Crippen LogP contribution < -0.4 is 20.7 Å². The molecule has 8 heteroatoms. The van der Waals surface area contributed by atoms with Crippen molar-refractivity contribution in [3.05, 3.63) is 17.9 Å². The average Bonchev–Trinajstić information content (AvgIpc) is 2.48. The Bertz CT molecular complexity index is 643. The predicted octanol–water partition coefficient (Wildman–Crippen LogP) is 2.48. The number of fused-ring (bicyclic) bond motifs is 1. The standard InChI is InChI=1S/C16H22FN3O4/c1-9(19-15(22)24-16(2,3)4)14(21)20-11-6-5-10(17)13-12(11)18-7-8-23-13/h5-6,9,18H,7-8H2,1-4H3,(H,19,22)(H,20,21)/t9-/m0/s1. The normalized spacial score (nSPS) is 14.5. The molecule has 0 aromatic heterocycles. The topological polar surface area (TPSA) is 88.7 Å². The number of anilines is 2. The van der Waals surface area contributed by atoms with E-state index in [1.165, 1.54) is 19.1 Å². The molecule has 0 radical (unpaired) electrons. The Kier molecular flexibility index (Phi) is 5.16. The minimum absolute atomic E-state index is 0.0757. The van der Waals surface area contributed by atoms with Crippen molar-refractivity contribution >= 4 is 23.4 Å². The molecule has 1 atom stereocenters. The van der Waals surface area contributed by atoms with Crippen molar-refractivity contribution in [2.45, 2.75) is 39.3 Å². The Morgan fingerprint density at radius 2 is 2.08 bits per heavy atom. The summed E-state index contributed by atoms with van der Waals surface area (Å²) in [6.45, 7) is 7.57. The molecule has 1 aliphatic rings. The zero-order valence-electron chi connectivity index (χ0n) is 14.2. The lowest BCUT2D eigenvalue weighted by Gasteiger charge is -2.24. The van der Waals surface area contributed by atoms with E-state index in [0.29, 0.717) is 24.5 Å². The Labute approximate surface area is 139 Å². The van der Waals surface area contributed by atoms with E-state index < -0.39 is 29.5 Å². The summed E-state index contributed by atoms with van der Waals surface area (Å²) in [5, 5.41) is 8.09. The van der Waals surface area contributed by atoms with Gasteiger partial charge in [-0.3, -0.25) is 4.79 Å². The van der Waals surface area contributed by atoms with E-state index >= 15 is 0 Å². The number of hydrogen-bond acceptors (Lipinski definition) is 5. The predicted molar refractivity (Wildman–Crippen MR) is 87.8 cm³/mol. The molecule has 7 nitrogen and oxygen atoms in total. The largest absolute Gasteiger partial charge is 0.486 e. The molecule has 0 saturated carbocycles. The fourth-order valence-electron chi connectivity index (χ4n) is 2.10. The van der Waals surface area contributed by atoms with Crippen LogP contribution in [-0.4, -0.2) is 36.8 Å². The summed E-state index contributed by atoms with van der Waals surface area (Å²) in [5.41, 5.74) is 0.116. The maximum Gasteiger partial charge on any atom is 0.408 e. The average molecular weight is 339 g/mol. The van der Waals surface area contributed by atoms with Crippen LogP contribution in [0.25, 0.3) is 0 Å². The third kappa shape index (κ3) is 4.50. The zero-order valence-corrected chi connectivity index (χ0v) is 14.2. The van der Waals surface area contributed by atoms with Crippen molar-refractivity contribution in [2.24, 2.45) is 0 Å². The van der Waals surface area contributed by atoms with Gasteiger partial charge in [0, 0.05) is 6.54 Å². The molecule has 0 unspecified atom stereocenters. The van der Waals surface area contributed by atoms with Crippen LogP contribution in [0, 0.1) is 5.82 Å². The number of amides is 2. The fraction of sp³-hybridized carbons (Fsp3) is 0.500. The molecular weight excluding hydrogens is 317 g/mol. The van der Waals surface area contributed by atoms with Crippen molar-refractivity contribution < 1.29 is 23.5 Å². The third-order valence-electron chi connectivity index (χ3n) is 3.14. The molecule has 0 aliphatic carbocycles. The summed E-state index contributed by atoms with van der Waals surface area (Å²) < 4.78 is 24.1. The highest BCUT2D eigenvalue weighted by atomic mass is 19.1. The molecule has 1 aromatic carbocycles. The van der Waals surface area contributed by atoms with Crippen molar-refractivity contribution in [3.8, 4) is 5.75 Å². The minimum Gasteiger partial charge on any atom is -0.486 e. The maximum atomic E-state index is 13.7. The minimum atomic E-state index is -0.829. The molecule has 1 aromatic rings. The van der Waals surface area contributed by atoms with Crippen LogP contribution in [0.1, 0.15) is 27.7 Å². The van der Waals surface area contributed by atoms with Gasteiger partial charge in [0.15, 0.2) is 11.6 Å². The van der Waals surface area contributed by atoms with E-state index in [1.807, 2.05) is 0 Å². The van der Waals surface area contributed by atoms with Crippen LogP contribution >= 0.6 is 0 Å². The summed E-state index contributed by atoms with van der Waals surface area (Å²) >= 11 is 0. The molecule has 2 amide bonds. The second kappa shape index (κ2) is 6.94. The van der Waals surface area contributed by atoms with Crippen LogP contribution in [0.4, 0.5) is 20.6 Å². The molecule has 0 saturated heterocycles. The van der Waals surface area contributed by atoms with Crippen LogP contribution in [0.15, 0.2) is 12.1 Å². The zero-order chi connectivity index (χ0) is 17.9. The van der Waals surface area contributed by atoms with Gasteiger partial charge in [-0.25, -0.2) is 9.18 Å². The highest BCUT2D eigenvalue weighted by Gasteiger charge is 2.24. The van der Waals surface area contributed by atoms with Gasteiger partial charge in [-0.1, -0.05) is 0 Å². The summed E-state index contributed by atoms with van der Waals surface area (Å²) in [4.78, 5) is 23.9. The lowest BCUT2D eigenvalue weighted by molar-refractivity contribution is -0.117. The van der Waals surface area contributed by atoms with Crippen LogP contribution in [0.3, 0.4) is 0 Å². The number of carbonyl (C=O) groups excluding carboxylic acids is 2. The summed E-state index contributed by atoms with van der Waals surface area (Å²) in [5.74, 6) is -0.885. The summed E-state index contributed by atoms with van der Waals surface area (Å²) in [7, 11) is 0. The number of rotatable bonds is 3. The van der Waals surface area contributed by atoms with Gasteiger partial charge < -0.3 is 25.4 Å². The molecule has 2 rings (SSSR count). The molecule has 24 heavy (non-hydrogen) atoms. The number of alkyl carbamates (subject to hydrolysis) is 1. The lowest BCUT2D eigenvalue weighted by Crippen LogP contribution is -2.44. The quantitative estimate of drug-likeness (QED) is 0.787. The fourth-order valence-corrected chi connectivity index (χ4v) is 2.10. The molecule has 0 spiro atoms. The number of benzene rings is 1. The van der Waals surface area contributed by atoms with Crippen molar-refractivity contribution in [1.82, 2.24) is 5.32 Å². The number of halogens is 1. The van der Waals surface area contributed by atoms with Crippen molar-refractivity contribution in [1.29, 1.82) is 0 Å². The Morgan fingerprint density at radius 3 is 2.75 bits per heavy atom. The van der Waals surface area contributed by atoms with Crippen LogP contribution in [0.2, 0.25) is 0 Å².